The van der Waals surface area contributed by atoms with Crippen molar-refractivity contribution >= 4 is 17.3 Å². The number of carbonyl (C=O) groups excluding carboxylic acids is 1. The van der Waals surface area contributed by atoms with Crippen LogP contribution in [-0.2, 0) is 0 Å². The smallest absolute Gasteiger partial charge is 0.270 e. The monoisotopic (exact) mass is 388 g/mol. The Kier molecular flexibility index (Phi) is 6.63. The van der Waals surface area contributed by atoms with Crippen LogP contribution in [0.4, 0.5) is 11.4 Å². The van der Waals surface area contributed by atoms with Crippen molar-refractivity contribution in [2.45, 2.75) is 0 Å². The minimum Gasteiger partial charge on any atom is -0.497 e. The largest absolute Gasteiger partial charge is 0.497 e. The number of hydrogen-bond donors (Lipinski definition) is 2. The maximum absolute atomic E-state index is 12.3. The van der Waals surface area contributed by atoms with Crippen molar-refractivity contribution in [3.8, 4) is 17.6 Å². The predicted octanol–water partition coefficient (Wildman–Crippen LogP) is 3.51. The van der Waals surface area contributed by atoms with Crippen LogP contribution in [-0.4, -0.2) is 31.2 Å². The first kappa shape index (κ1) is 19.7. The highest BCUT2D eigenvalue weighted by Crippen LogP contribution is 2.18. The van der Waals surface area contributed by atoms with E-state index in [1.165, 1.54) is 0 Å². The van der Waals surface area contributed by atoms with Crippen molar-refractivity contribution in [1.82, 2.24) is 10.3 Å². The van der Waals surface area contributed by atoms with E-state index in [1.807, 2.05) is 12.1 Å². The molecule has 1 heterocycles. The first-order valence-corrected chi connectivity index (χ1v) is 8.96. The van der Waals surface area contributed by atoms with Gasteiger partial charge in [-0.3, -0.25) is 9.78 Å². The summed E-state index contributed by atoms with van der Waals surface area (Å²) in [5.74, 6) is 1.17. The minimum absolute atomic E-state index is 0.285. The molecule has 2 aromatic carbocycles. The zero-order chi connectivity index (χ0) is 20.5. The molecule has 0 unspecified atom stereocenters. The molecule has 7 nitrogen and oxygen atoms in total. The summed E-state index contributed by atoms with van der Waals surface area (Å²) in [6.07, 6.45) is 1.56. The Morgan fingerprint density at radius 3 is 2.45 bits per heavy atom. The molecule has 0 radical (unpaired) electrons. The number of nitrogens with zero attached hydrogens (tertiary/aromatic N) is 2. The van der Waals surface area contributed by atoms with Gasteiger partial charge < -0.3 is 20.1 Å². The van der Waals surface area contributed by atoms with E-state index in [2.05, 4.69) is 21.7 Å². The van der Waals surface area contributed by atoms with Gasteiger partial charge in [0, 0.05) is 17.6 Å². The Bertz CT molecular complexity index is 996. The Labute approximate surface area is 168 Å². The van der Waals surface area contributed by atoms with E-state index in [-0.39, 0.29) is 5.91 Å². The number of methoxy groups -OCH3 is 1. The third-order valence-corrected chi connectivity index (χ3v) is 4.01. The molecule has 0 atom stereocenters. The molecule has 3 aromatic rings. The summed E-state index contributed by atoms with van der Waals surface area (Å²) in [5, 5.41) is 14.8. The van der Waals surface area contributed by atoms with Crippen LogP contribution in [0.2, 0.25) is 0 Å². The van der Waals surface area contributed by atoms with E-state index in [0.29, 0.717) is 30.2 Å². The van der Waals surface area contributed by atoms with Crippen LogP contribution < -0.4 is 20.1 Å². The third-order valence-electron chi connectivity index (χ3n) is 4.01. The van der Waals surface area contributed by atoms with Crippen LogP contribution in [0.15, 0.2) is 66.9 Å². The first-order chi connectivity index (χ1) is 14.2. The number of carbonyl (C=O) groups is 1. The maximum atomic E-state index is 12.3. The second kappa shape index (κ2) is 9.76. The second-order valence-corrected chi connectivity index (χ2v) is 6.02. The zero-order valence-corrected chi connectivity index (χ0v) is 15.9. The molecular formula is C22H20N4O3. The van der Waals surface area contributed by atoms with E-state index in [9.17, 15) is 4.79 Å². The molecule has 29 heavy (non-hydrogen) atoms. The van der Waals surface area contributed by atoms with Crippen LogP contribution in [0.1, 0.15) is 16.1 Å². The van der Waals surface area contributed by atoms with Crippen LogP contribution in [0, 0.1) is 11.3 Å². The van der Waals surface area contributed by atoms with Gasteiger partial charge in [0.25, 0.3) is 5.91 Å². The van der Waals surface area contributed by atoms with Crippen LogP contribution in [0.25, 0.3) is 0 Å². The average molecular weight is 388 g/mol. The third kappa shape index (κ3) is 5.71. The Morgan fingerprint density at radius 2 is 1.76 bits per heavy atom. The molecule has 146 valence electrons. The number of nitriles is 1. The second-order valence-electron chi connectivity index (χ2n) is 6.02. The molecule has 0 spiro atoms. The van der Waals surface area contributed by atoms with Gasteiger partial charge in [-0.15, -0.1) is 0 Å². The van der Waals surface area contributed by atoms with Gasteiger partial charge in [-0.1, -0.05) is 0 Å². The summed E-state index contributed by atoms with van der Waals surface area (Å²) in [6, 6.07) is 19.8. The maximum Gasteiger partial charge on any atom is 0.270 e. The fourth-order valence-corrected chi connectivity index (χ4v) is 2.52. The molecule has 0 saturated carbocycles. The number of rotatable bonds is 8. The van der Waals surface area contributed by atoms with Crippen molar-refractivity contribution in [3.63, 3.8) is 0 Å². The SMILES string of the molecule is COc1ccc(OCCNC(=O)c2cc(Nc3ccc(C#N)cc3)ccn2)cc1. The predicted molar refractivity (Wildman–Crippen MR) is 109 cm³/mol. The summed E-state index contributed by atoms with van der Waals surface area (Å²) in [5.41, 5.74) is 2.43. The number of anilines is 2. The first-order valence-electron chi connectivity index (χ1n) is 8.96. The van der Waals surface area contributed by atoms with Crippen molar-refractivity contribution in [2.75, 3.05) is 25.6 Å². The van der Waals surface area contributed by atoms with E-state index >= 15 is 0 Å². The lowest BCUT2D eigenvalue weighted by Gasteiger charge is -2.10. The number of amides is 1. The fourth-order valence-electron chi connectivity index (χ4n) is 2.52. The molecule has 2 N–H and O–H groups in total. The Morgan fingerprint density at radius 1 is 1.03 bits per heavy atom. The lowest BCUT2D eigenvalue weighted by molar-refractivity contribution is 0.0942. The van der Waals surface area contributed by atoms with E-state index < -0.39 is 0 Å². The number of pyridine rings is 1. The lowest BCUT2D eigenvalue weighted by Crippen LogP contribution is -2.28. The topological polar surface area (TPSA) is 96.3 Å². The molecule has 0 fully saturated rings. The summed E-state index contributed by atoms with van der Waals surface area (Å²) in [4.78, 5) is 16.4. The van der Waals surface area contributed by atoms with Gasteiger partial charge in [-0.05, 0) is 60.7 Å². The highest BCUT2D eigenvalue weighted by molar-refractivity contribution is 5.93. The van der Waals surface area contributed by atoms with Crippen molar-refractivity contribution in [3.05, 3.63) is 78.1 Å². The van der Waals surface area contributed by atoms with E-state index in [0.717, 1.165) is 17.1 Å². The van der Waals surface area contributed by atoms with Crippen molar-refractivity contribution in [2.24, 2.45) is 0 Å². The number of benzene rings is 2. The van der Waals surface area contributed by atoms with Crippen molar-refractivity contribution < 1.29 is 14.3 Å². The lowest BCUT2D eigenvalue weighted by atomic mass is 10.2. The number of nitrogens with one attached hydrogen (secondary N) is 2. The highest BCUT2D eigenvalue weighted by Gasteiger charge is 2.08. The zero-order valence-electron chi connectivity index (χ0n) is 15.9. The molecule has 0 aliphatic carbocycles. The summed E-state index contributed by atoms with van der Waals surface area (Å²) in [7, 11) is 1.61. The van der Waals surface area contributed by atoms with Gasteiger partial charge in [0.2, 0.25) is 0 Å². The van der Waals surface area contributed by atoms with Crippen LogP contribution >= 0.6 is 0 Å². The summed E-state index contributed by atoms with van der Waals surface area (Å²) in [6.45, 7) is 0.682. The standard InChI is InChI=1S/C22H20N4O3/c1-28-19-6-8-20(9-7-19)29-13-12-25-22(27)21-14-18(10-11-24-21)26-17-4-2-16(15-23)3-5-17/h2-11,14H,12-13H2,1H3,(H,24,26)(H,25,27). The van der Waals surface area contributed by atoms with Crippen LogP contribution in [0.5, 0.6) is 11.5 Å². The summed E-state index contributed by atoms with van der Waals surface area (Å²) >= 11 is 0. The fraction of sp³-hybridized carbons (Fsp3) is 0.136. The molecule has 0 aliphatic heterocycles. The van der Waals surface area contributed by atoms with Crippen LogP contribution in [0.3, 0.4) is 0 Å². The molecule has 7 heteroatoms. The number of ether oxygens (including phenoxy) is 2. The molecule has 1 aromatic heterocycles. The van der Waals surface area contributed by atoms with Gasteiger partial charge in [0.1, 0.15) is 23.8 Å². The highest BCUT2D eigenvalue weighted by atomic mass is 16.5. The molecule has 3 rings (SSSR count). The van der Waals surface area contributed by atoms with Crippen molar-refractivity contribution in [1.29, 1.82) is 5.26 Å². The summed E-state index contributed by atoms with van der Waals surface area (Å²) < 4.78 is 10.7. The average Bonchev–Trinajstić information content (AvgIpc) is 2.77. The number of aromatic nitrogens is 1. The quantitative estimate of drug-likeness (QED) is 0.573. The molecule has 0 bridgehead atoms. The van der Waals surface area contributed by atoms with E-state index in [1.54, 1.807) is 61.8 Å². The molecular weight excluding hydrogens is 368 g/mol. The normalized spacial score (nSPS) is 9.93. The Hall–Kier alpha value is -4.05. The number of hydrogen-bond acceptors (Lipinski definition) is 6. The minimum atomic E-state index is -0.285. The van der Waals surface area contributed by atoms with Gasteiger partial charge >= 0.3 is 0 Å². The molecule has 1 amide bonds. The van der Waals surface area contributed by atoms with E-state index in [4.69, 9.17) is 14.7 Å². The van der Waals surface area contributed by atoms with Gasteiger partial charge in [0.15, 0.2) is 0 Å². The van der Waals surface area contributed by atoms with Gasteiger partial charge in [0.05, 0.1) is 25.3 Å². The molecule has 0 aliphatic rings. The van der Waals surface area contributed by atoms with Gasteiger partial charge in [-0.25, -0.2) is 0 Å². The molecule has 0 saturated heterocycles. The van der Waals surface area contributed by atoms with Gasteiger partial charge in [-0.2, -0.15) is 5.26 Å². The Balaban J connectivity index is 1.50.